The molecule has 0 aliphatic carbocycles. The molecule has 240 valence electrons. The predicted molar refractivity (Wildman–Crippen MR) is 150 cm³/mol. The number of amides is 5. The summed E-state index contributed by atoms with van der Waals surface area (Å²) in [5, 5.41) is 20.6. The van der Waals surface area contributed by atoms with Crippen LogP contribution < -0.4 is 32.3 Å². The van der Waals surface area contributed by atoms with Crippen molar-refractivity contribution < 1.29 is 48.1 Å². The number of hydrogen-bond acceptors (Lipinski definition) is 10. The number of nitrogens with one attached hydrogen (secondary N) is 5. The van der Waals surface area contributed by atoms with Crippen LogP contribution in [0, 0.1) is 5.92 Å². The average Bonchev–Trinajstić information content (AvgIpc) is 2.84. The van der Waals surface area contributed by atoms with Gasteiger partial charge in [0.25, 0.3) is 0 Å². The highest BCUT2D eigenvalue weighted by Gasteiger charge is 2.34. The summed E-state index contributed by atoms with van der Waals surface area (Å²) in [4.78, 5) is 86.5. The van der Waals surface area contributed by atoms with Crippen molar-refractivity contribution in [2.45, 2.75) is 91.1 Å². The summed E-state index contributed by atoms with van der Waals surface area (Å²) < 4.78 is 10.9. The zero-order chi connectivity index (χ0) is 32.8. The van der Waals surface area contributed by atoms with Crippen LogP contribution in [0.15, 0.2) is 0 Å². The van der Waals surface area contributed by atoms with Gasteiger partial charge in [0.2, 0.25) is 29.5 Å². The van der Waals surface area contributed by atoms with Crippen molar-refractivity contribution in [3.8, 4) is 0 Å². The maximum absolute atomic E-state index is 13.3. The molecular weight excluding hydrogens is 556 g/mol. The third kappa shape index (κ3) is 17.1. The molecule has 0 radical (unpaired) electrons. The highest BCUT2D eigenvalue weighted by Crippen LogP contribution is 2.11. The van der Waals surface area contributed by atoms with Crippen molar-refractivity contribution in [3.05, 3.63) is 0 Å². The zero-order valence-electron chi connectivity index (χ0n) is 25.5. The molecule has 0 rings (SSSR count). The van der Waals surface area contributed by atoms with Crippen molar-refractivity contribution >= 4 is 41.5 Å². The fraction of sp³-hybridized carbons (Fsp3) is 0.731. The molecule has 0 bridgehead atoms. The number of nitrogens with two attached hydrogens (primary N) is 1. The van der Waals surface area contributed by atoms with E-state index >= 15 is 0 Å². The van der Waals surface area contributed by atoms with Gasteiger partial charge in [-0.15, -0.1) is 0 Å². The molecule has 0 heterocycles. The van der Waals surface area contributed by atoms with E-state index in [1.165, 1.54) is 0 Å². The highest BCUT2D eigenvalue weighted by molar-refractivity contribution is 5.96. The van der Waals surface area contributed by atoms with Crippen LogP contribution in [0.25, 0.3) is 0 Å². The smallest absolute Gasteiger partial charge is 0.322 e. The first-order valence-corrected chi connectivity index (χ1v) is 13.4. The van der Waals surface area contributed by atoms with Crippen LogP contribution in [0.5, 0.6) is 0 Å². The number of carboxylic acid groups (broad SMARTS) is 1. The number of aliphatic carboxylic acids is 1. The molecule has 16 nitrogen and oxygen atoms in total. The molecular formula is C26H46N6O10. The van der Waals surface area contributed by atoms with Crippen molar-refractivity contribution in [3.63, 3.8) is 0 Å². The third-order valence-electron chi connectivity index (χ3n) is 5.05. The van der Waals surface area contributed by atoms with Crippen molar-refractivity contribution in [2.75, 3.05) is 26.2 Å². The first-order valence-electron chi connectivity index (χ1n) is 13.4. The van der Waals surface area contributed by atoms with Crippen LogP contribution in [-0.2, 0) is 43.0 Å². The lowest BCUT2D eigenvalue weighted by atomic mass is 10.0. The molecule has 0 aromatic carbocycles. The second-order valence-electron chi connectivity index (χ2n) is 11.7. The Hall–Kier alpha value is -3.79. The summed E-state index contributed by atoms with van der Waals surface area (Å²) in [6.45, 7) is 11.3. The van der Waals surface area contributed by atoms with Gasteiger partial charge in [0.1, 0.15) is 30.3 Å². The molecule has 0 unspecified atom stereocenters. The Labute approximate surface area is 245 Å². The van der Waals surface area contributed by atoms with E-state index in [-0.39, 0.29) is 13.2 Å². The number of esters is 1. The molecule has 0 spiro atoms. The van der Waals surface area contributed by atoms with Gasteiger partial charge in [0.05, 0.1) is 31.7 Å². The molecule has 0 aromatic heterocycles. The summed E-state index contributed by atoms with van der Waals surface area (Å²) in [6, 6.07) is -4.13. The Morgan fingerprint density at radius 1 is 0.738 bits per heavy atom. The van der Waals surface area contributed by atoms with Gasteiger partial charge in [-0.1, -0.05) is 13.8 Å². The standard InChI is InChI=1S/C26H46N6O10/c1-14(2)21(24(40)29-12-19(35)36)32-22(38)15(9-20(37)42-26(6,7)8)31-23(39)16(13-41-25(3,4)5)30-18(34)11-28-17(33)10-27/h14-16,21H,9-13,27H2,1-8H3,(H,28,33)(H,29,40)(H,30,34)(H,31,39)(H,32,38)(H,35,36)/t15-,16-,21-/m0/s1. The lowest BCUT2D eigenvalue weighted by molar-refractivity contribution is -0.156. The minimum absolute atomic E-state index is 0.334. The molecule has 5 amide bonds. The van der Waals surface area contributed by atoms with E-state index in [1.807, 2.05) is 0 Å². The average molecular weight is 603 g/mol. The minimum Gasteiger partial charge on any atom is -0.480 e. The number of carbonyl (C=O) groups is 7. The molecule has 0 aliphatic heterocycles. The summed E-state index contributed by atoms with van der Waals surface area (Å²) in [5.74, 6) is -6.61. The van der Waals surface area contributed by atoms with E-state index in [0.29, 0.717) is 0 Å². The number of carbonyl (C=O) groups excluding carboxylic acids is 6. The number of carboxylic acids is 1. The monoisotopic (exact) mass is 602 g/mol. The van der Waals surface area contributed by atoms with Crippen LogP contribution in [0.4, 0.5) is 0 Å². The normalized spacial score (nSPS) is 13.7. The summed E-state index contributed by atoms with van der Waals surface area (Å²) >= 11 is 0. The Kier molecular flexibility index (Phi) is 15.7. The molecule has 0 saturated heterocycles. The van der Waals surface area contributed by atoms with E-state index in [0.717, 1.165) is 0 Å². The molecule has 8 N–H and O–H groups in total. The second-order valence-corrected chi connectivity index (χ2v) is 11.7. The Morgan fingerprint density at radius 2 is 1.31 bits per heavy atom. The van der Waals surface area contributed by atoms with Crippen LogP contribution in [0.3, 0.4) is 0 Å². The molecule has 3 atom stereocenters. The fourth-order valence-corrected chi connectivity index (χ4v) is 3.11. The Balaban J connectivity index is 6.03. The van der Waals surface area contributed by atoms with Gasteiger partial charge < -0.3 is 46.9 Å². The first-order chi connectivity index (χ1) is 19.1. The number of ether oxygens (including phenoxy) is 2. The SMILES string of the molecule is CC(C)[C@H](NC(=O)[C@H](CC(=O)OC(C)(C)C)NC(=O)[C@H](COC(C)(C)C)NC(=O)CNC(=O)CN)C(=O)NCC(=O)O. The number of rotatable bonds is 16. The first kappa shape index (κ1) is 38.2. The van der Waals surface area contributed by atoms with E-state index in [4.69, 9.17) is 20.3 Å². The predicted octanol–water partition coefficient (Wildman–Crippen LogP) is -2.08. The zero-order valence-corrected chi connectivity index (χ0v) is 25.5. The van der Waals surface area contributed by atoms with E-state index in [1.54, 1.807) is 55.4 Å². The lowest BCUT2D eigenvalue weighted by Crippen LogP contribution is -2.59. The van der Waals surface area contributed by atoms with Crippen LogP contribution >= 0.6 is 0 Å². The highest BCUT2D eigenvalue weighted by atomic mass is 16.6. The molecule has 0 aliphatic rings. The van der Waals surface area contributed by atoms with Gasteiger partial charge in [-0.05, 0) is 47.5 Å². The van der Waals surface area contributed by atoms with Crippen LogP contribution in [0.1, 0.15) is 61.8 Å². The van der Waals surface area contributed by atoms with Crippen LogP contribution in [0.2, 0.25) is 0 Å². The summed E-state index contributed by atoms with van der Waals surface area (Å²) in [6.07, 6.45) is -0.635. The lowest BCUT2D eigenvalue weighted by Gasteiger charge is -2.28. The largest absolute Gasteiger partial charge is 0.480 e. The van der Waals surface area contributed by atoms with Gasteiger partial charge in [0.15, 0.2) is 0 Å². The Bertz CT molecular complexity index is 987. The topological polar surface area (TPSA) is 244 Å². The summed E-state index contributed by atoms with van der Waals surface area (Å²) in [5.41, 5.74) is 3.58. The summed E-state index contributed by atoms with van der Waals surface area (Å²) in [7, 11) is 0. The number of hydrogen-bond donors (Lipinski definition) is 7. The molecule has 0 aromatic rings. The van der Waals surface area contributed by atoms with Gasteiger partial charge in [0, 0.05) is 0 Å². The molecule has 0 fully saturated rings. The van der Waals surface area contributed by atoms with Crippen LogP contribution in [-0.4, -0.2) is 102 Å². The molecule has 0 saturated carbocycles. The fourth-order valence-electron chi connectivity index (χ4n) is 3.11. The maximum atomic E-state index is 13.3. The van der Waals surface area contributed by atoms with E-state index < -0.39 is 96.2 Å². The second kappa shape index (κ2) is 17.2. The molecule has 42 heavy (non-hydrogen) atoms. The quantitative estimate of drug-likeness (QED) is 0.0945. The van der Waals surface area contributed by atoms with Gasteiger partial charge in [-0.25, -0.2) is 0 Å². The van der Waals surface area contributed by atoms with E-state index in [2.05, 4.69) is 26.6 Å². The third-order valence-corrected chi connectivity index (χ3v) is 5.05. The van der Waals surface area contributed by atoms with Gasteiger partial charge in [-0.3, -0.25) is 33.6 Å². The van der Waals surface area contributed by atoms with Gasteiger partial charge >= 0.3 is 11.9 Å². The van der Waals surface area contributed by atoms with Crippen molar-refractivity contribution in [1.29, 1.82) is 0 Å². The van der Waals surface area contributed by atoms with Gasteiger partial charge in [-0.2, -0.15) is 0 Å². The van der Waals surface area contributed by atoms with E-state index in [9.17, 15) is 33.6 Å². The van der Waals surface area contributed by atoms with Crippen molar-refractivity contribution in [1.82, 2.24) is 26.6 Å². The minimum atomic E-state index is -1.56. The maximum Gasteiger partial charge on any atom is 0.322 e. The molecule has 16 heteroatoms. The Morgan fingerprint density at radius 3 is 1.79 bits per heavy atom. The van der Waals surface area contributed by atoms with Crippen molar-refractivity contribution in [2.24, 2.45) is 11.7 Å².